The van der Waals surface area contributed by atoms with Crippen LogP contribution < -0.4 is 10.6 Å². The number of nitrogens with zero attached hydrogens (tertiary/aromatic N) is 3. The summed E-state index contributed by atoms with van der Waals surface area (Å²) in [5.74, 6) is 0.155. The molecule has 0 unspecified atom stereocenters. The van der Waals surface area contributed by atoms with E-state index in [1.165, 1.54) is 6.33 Å². The molecule has 0 atom stereocenters. The maximum atomic E-state index is 12.4. The van der Waals surface area contributed by atoms with Crippen LogP contribution in [0.1, 0.15) is 21.6 Å². The van der Waals surface area contributed by atoms with Gasteiger partial charge >= 0.3 is 0 Å². The first kappa shape index (κ1) is 17.4. The van der Waals surface area contributed by atoms with Crippen molar-refractivity contribution in [2.24, 2.45) is 0 Å². The average Bonchev–Trinajstić information content (AvgIpc) is 2.68. The maximum absolute atomic E-state index is 12.4. The van der Waals surface area contributed by atoms with Crippen LogP contribution in [0.3, 0.4) is 0 Å². The Kier molecular flexibility index (Phi) is 5.42. The zero-order chi connectivity index (χ0) is 18.4. The Bertz CT molecular complexity index is 966. The lowest BCUT2D eigenvalue weighted by molar-refractivity contribution is 0.102. The summed E-state index contributed by atoms with van der Waals surface area (Å²) >= 11 is 5.87. The van der Waals surface area contributed by atoms with Crippen molar-refractivity contribution in [2.75, 3.05) is 10.6 Å². The van der Waals surface area contributed by atoms with Gasteiger partial charge in [0, 0.05) is 23.3 Å². The van der Waals surface area contributed by atoms with Crippen molar-refractivity contribution in [3.05, 3.63) is 82.8 Å². The van der Waals surface area contributed by atoms with Crippen molar-refractivity contribution in [3.63, 3.8) is 0 Å². The standard InChI is InChI=1S/C19H14ClN5O/c20-15-6-4-13(5-7-15)11-22-18-9-17(23-12-24-18)19(26)25-16-3-1-2-14(8-16)10-21/h1-9,12H,11H2,(H,25,26)(H,22,23,24). The Balaban J connectivity index is 1.67. The zero-order valence-electron chi connectivity index (χ0n) is 13.6. The number of halogens is 1. The molecule has 3 aromatic rings. The number of hydrogen-bond donors (Lipinski definition) is 2. The van der Waals surface area contributed by atoms with E-state index in [1.807, 2.05) is 30.3 Å². The van der Waals surface area contributed by atoms with Crippen molar-refractivity contribution in [2.45, 2.75) is 6.54 Å². The minimum Gasteiger partial charge on any atom is -0.366 e. The van der Waals surface area contributed by atoms with E-state index >= 15 is 0 Å². The van der Waals surface area contributed by atoms with Gasteiger partial charge in [0.15, 0.2) is 0 Å². The molecule has 0 saturated heterocycles. The smallest absolute Gasteiger partial charge is 0.274 e. The monoisotopic (exact) mass is 363 g/mol. The molecule has 0 saturated carbocycles. The van der Waals surface area contributed by atoms with E-state index in [9.17, 15) is 4.79 Å². The molecule has 0 spiro atoms. The van der Waals surface area contributed by atoms with Crippen molar-refractivity contribution >= 4 is 29.0 Å². The number of anilines is 2. The van der Waals surface area contributed by atoms with Gasteiger partial charge in [0.25, 0.3) is 5.91 Å². The highest BCUT2D eigenvalue weighted by atomic mass is 35.5. The third-order valence-corrected chi connectivity index (χ3v) is 3.79. The van der Waals surface area contributed by atoms with E-state index in [4.69, 9.17) is 16.9 Å². The van der Waals surface area contributed by atoms with Crippen LogP contribution in [0.25, 0.3) is 0 Å². The fourth-order valence-electron chi connectivity index (χ4n) is 2.23. The second-order valence-corrected chi connectivity index (χ2v) is 5.85. The van der Waals surface area contributed by atoms with Gasteiger partial charge in [0.1, 0.15) is 17.8 Å². The first-order valence-electron chi connectivity index (χ1n) is 7.76. The van der Waals surface area contributed by atoms with Gasteiger partial charge in [0.05, 0.1) is 11.6 Å². The van der Waals surface area contributed by atoms with Gasteiger partial charge in [-0.25, -0.2) is 9.97 Å². The van der Waals surface area contributed by atoms with Crippen LogP contribution in [-0.2, 0) is 6.54 Å². The van der Waals surface area contributed by atoms with Gasteiger partial charge in [-0.3, -0.25) is 4.79 Å². The van der Waals surface area contributed by atoms with Crippen molar-refractivity contribution in [1.29, 1.82) is 5.26 Å². The summed E-state index contributed by atoms with van der Waals surface area (Å²) in [5, 5.41) is 15.5. The Morgan fingerprint density at radius 2 is 1.92 bits per heavy atom. The molecule has 1 heterocycles. The van der Waals surface area contributed by atoms with E-state index in [1.54, 1.807) is 30.3 Å². The predicted octanol–water partition coefficient (Wildman–Crippen LogP) is 3.87. The lowest BCUT2D eigenvalue weighted by Gasteiger charge is -2.08. The molecule has 0 radical (unpaired) electrons. The highest BCUT2D eigenvalue weighted by molar-refractivity contribution is 6.30. The topological polar surface area (TPSA) is 90.7 Å². The molecule has 0 aliphatic heterocycles. The van der Waals surface area contributed by atoms with E-state index in [2.05, 4.69) is 20.6 Å². The first-order chi connectivity index (χ1) is 12.6. The molecule has 1 aromatic heterocycles. The lowest BCUT2D eigenvalue weighted by Crippen LogP contribution is -2.14. The van der Waals surface area contributed by atoms with Crippen LogP contribution in [0.2, 0.25) is 5.02 Å². The number of amides is 1. The Hall–Kier alpha value is -3.43. The Labute approximate surface area is 155 Å². The predicted molar refractivity (Wildman–Crippen MR) is 99.9 cm³/mol. The third-order valence-electron chi connectivity index (χ3n) is 3.54. The number of hydrogen-bond acceptors (Lipinski definition) is 5. The minimum atomic E-state index is -0.378. The normalized spacial score (nSPS) is 10.0. The minimum absolute atomic E-state index is 0.223. The van der Waals surface area contributed by atoms with Gasteiger partial charge in [0.2, 0.25) is 0 Å². The van der Waals surface area contributed by atoms with Crippen molar-refractivity contribution in [1.82, 2.24) is 9.97 Å². The highest BCUT2D eigenvalue weighted by Gasteiger charge is 2.09. The van der Waals surface area contributed by atoms with E-state index < -0.39 is 0 Å². The largest absolute Gasteiger partial charge is 0.366 e. The fourth-order valence-corrected chi connectivity index (χ4v) is 2.36. The first-order valence-corrected chi connectivity index (χ1v) is 8.14. The van der Waals surface area contributed by atoms with Crippen molar-refractivity contribution in [3.8, 4) is 6.07 Å². The second-order valence-electron chi connectivity index (χ2n) is 5.42. The van der Waals surface area contributed by atoms with Crippen LogP contribution in [0.5, 0.6) is 0 Å². The summed E-state index contributed by atoms with van der Waals surface area (Å²) in [4.78, 5) is 20.5. The van der Waals surface area contributed by atoms with Crippen LogP contribution in [-0.4, -0.2) is 15.9 Å². The Morgan fingerprint density at radius 1 is 1.12 bits per heavy atom. The molecule has 128 valence electrons. The molecular weight excluding hydrogens is 350 g/mol. The summed E-state index contributed by atoms with van der Waals surface area (Å²) in [7, 11) is 0. The molecule has 1 amide bonds. The summed E-state index contributed by atoms with van der Waals surface area (Å²) in [6, 6.07) is 17.7. The summed E-state index contributed by atoms with van der Waals surface area (Å²) < 4.78 is 0. The second kappa shape index (κ2) is 8.10. The zero-order valence-corrected chi connectivity index (χ0v) is 14.4. The highest BCUT2D eigenvalue weighted by Crippen LogP contribution is 2.14. The van der Waals surface area contributed by atoms with Gasteiger partial charge in [-0.1, -0.05) is 29.8 Å². The number of nitriles is 1. The molecule has 7 heteroatoms. The molecule has 2 N–H and O–H groups in total. The lowest BCUT2D eigenvalue weighted by atomic mass is 10.2. The van der Waals surface area contributed by atoms with E-state index in [-0.39, 0.29) is 11.6 Å². The molecule has 6 nitrogen and oxygen atoms in total. The van der Waals surface area contributed by atoms with E-state index in [0.29, 0.717) is 28.6 Å². The number of aromatic nitrogens is 2. The number of benzene rings is 2. The maximum Gasteiger partial charge on any atom is 0.274 e. The number of rotatable bonds is 5. The SMILES string of the molecule is N#Cc1cccc(NC(=O)c2cc(NCc3ccc(Cl)cc3)ncn2)c1. The molecule has 3 rings (SSSR count). The van der Waals surface area contributed by atoms with E-state index in [0.717, 1.165) is 5.56 Å². The molecule has 2 aromatic carbocycles. The fraction of sp³-hybridized carbons (Fsp3) is 0.0526. The molecular formula is C19H14ClN5O. The number of carbonyl (C=O) groups excluding carboxylic acids is 1. The van der Waals surface area contributed by atoms with Crippen LogP contribution >= 0.6 is 11.6 Å². The van der Waals surface area contributed by atoms with Crippen LogP contribution in [0.15, 0.2) is 60.9 Å². The number of nitrogens with one attached hydrogen (secondary N) is 2. The number of carbonyl (C=O) groups is 1. The Morgan fingerprint density at radius 3 is 2.69 bits per heavy atom. The summed E-state index contributed by atoms with van der Waals surface area (Å²) in [5.41, 5.74) is 2.26. The van der Waals surface area contributed by atoms with Crippen LogP contribution in [0, 0.1) is 11.3 Å². The summed E-state index contributed by atoms with van der Waals surface area (Å²) in [6.07, 6.45) is 1.32. The van der Waals surface area contributed by atoms with Gasteiger partial charge in [-0.05, 0) is 35.9 Å². The summed E-state index contributed by atoms with van der Waals surface area (Å²) in [6.45, 7) is 0.541. The van der Waals surface area contributed by atoms with Gasteiger partial charge in [-0.15, -0.1) is 0 Å². The third kappa shape index (κ3) is 4.56. The van der Waals surface area contributed by atoms with Gasteiger partial charge < -0.3 is 10.6 Å². The van der Waals surface area contributed by atoms with Crippen molar-refractivity contribution < 1.29 is 4.79 Å². The molecule has 0 aliphatic rings. The molecule has 0 aliphatic carbocycles. The van der Waals surface area contributed by atoms with Gasteiger partial charge in [-0.2, -0.15) is 5.26 Å². The van der Waals surface area contributed by atoms with Crippen LogP contribution in [0.4, 0.5) is 11.5 Å². The quantitative estimate of drug-likeness (QED) is 0.718. The molecule has 0 fully saturated rings. The molecule has 0 bridgehead atoms. The average molecular weight is 364 g/mol. The molecule has 26 heavy (non-hydrogen) atoms.